The first-order chi connectivity index (χ1) is 10.0. The molecule has 0 amide bonds. The van der Waals surface area contributed by atoms with Crippen molar-refractivity contribution in [1.29, 1.82) is 0 Å². The standard InChI is InChI=1S/C14H7BrCl3N3/c15-8-4-7-2-1-3-11(12(7)19-6-8)20-14-10(17)5-9(16)13(18)21-14/h1-6H,(H,20,21). The fraction of sp³-hybridized carbons (Fsp3) is 0. The topological polar surface area (TPSA) is 37.8 Å². The molecule has 3 nitrogen and oxygen atoms in total. The summed E-state index contributed by atoms with van der Waals surface area (Å²) in [6.45, 7) is 0. The van der Waals surface area contributed by atoms with E-state index in [9.17, 15) is 0 Å². The summed E-state index contributed by atoms with van der Waals surface area (Å²) >= 11 is 21.3. The Kier molecular flexibility index (Phi) is 4.22. The maximum atomic E-state index is 6.13. The number of nitrogens with one attached hydrogen (secondary N) is 1. The van der Waals surface area contributed by atoms with Crippen LogP contribution in [0.3, 0.4) is 0 Å². The molecule has 1 aromatic carbocycles. The van der Waals surface area contributed by atoms with Crippen LogP contribution in [0.25, 0.3) is 10.9 Å². The lowest BCUT2D eigenvalue weighted by Gasteiger charge is -2.10. The molecule has 0 fully saturated rings. The number of hydrogen-bond donors (Lipinski definition) is 1. The maximum absolute atomic E-state index is 6.13. The first kappa shape index (κ1) is 14.9. The van der Waals surface area contributed by atoms with Crippen LogP contribution in [0.4, 0.5) is 11.5 Å². The summed E-state index contributed by atoms with van der Waals surface area (Å²) in [7, 11) is 0. The molecule has 0 saturated heterocycles. The molecule has 1 N–H and O–H groups in total. The van der Waals surface area contributed by atoms with E-state index in [4.69, 9.17) is 34.8 Å². The lowest BCUT2D eigenvalue weighted by Crippen LogP contribution is -1.97. The van der Waals surface area contributed by atoms with Crippen molar-refractivity contribution in [3.05, 3.63) is 56.2 Å². The number of nitrogens with zero attached hydrogens (tertiary/aromatic N) is 2. The van der Waals surface area contributed by atoms with E-state index in [0.29, 0.717) is 15.9 Å². The van der Waals surface area contributed by atoms with E-state index in [0.717, 1.165) is 21.1 Å². The van der Waals surface area contributed by atoms with Crippen molar-refractivity contribution in [2.24, 2.45) is 0 Å². The van der Waals surface area contributed by atoms with E-state index in [-0.39, 0.29) is 5.15 Å². The number of halogens is 4. The van der Waals surface area contributed by atoms with Crippen LogP contribution in [0.1, 0.15) is 0 Å². The summed E-state index contributed by atoms with van der Waals surface area (Å²) < 4.78 is 0.915. The summed E-state index contributed by atoms with van der Waals surface area (Å²) in [5.41, 5.74) is 1.59. The molecule has 3 rings (SSSR count). The number of fused-ring (bicyclic) bond motifs is 1. The number of aromatic nitrogens is 2. The summed E-state index contributed by atoms with van der Waals surface area (Å²) in [6, 6.07) is 9.32. The molecule has 0 spiro atoms. The van der Waals surface area contributed by atoms with Gasteiger partial charge in [0, 0.05) is 16.1 Å². The number of anilines is 2. The van der Waals surface area contributed by atoms with Crippen LogP contribution in [-0.2, 0) is 0 Å². The van der Waals surface area contributed by atoms with Gasteiger partial charge in [0.05, 0.1) is 21.2 Å². The normalized spacial score (nSPS) is 10.9. The number of hydrogen-bond acceptors (Lipinski definition) is 3. The highest BCUT2D eigenvalue weighted by Gasteiger charge is 2.10. The van der Waals surface area contributed by atoms with Crippen LogP contribution in [0.2, 0.25) is 15.2 Å². The van der Waals surface area contributed by atoms with Gasteiger partial charge in [0.1, 0.15) is 5.15 Å². The molecule has 0 aliphatic heterocycles. The van der Waals surface area contributed by atoms with Crippen molar-refractivity contribution < 1.29 is 0 Å². The van der Waals surface area contributed by atoms with Gasteiger partial charge in [-0.05, 0) is 34.1 Å². The molecule has 0 bridgehead atoms. The smallest absolute Gasteiger partial charge is 0.151 e. The minimum absolute atomic E-state index is 0.194. The van der Waals surface area contributed by atoms with Gasteiger partial charge >= 0.3 is 0 Å². The SMILES string of the molecule is Clc1cc(Cl)c(Nc2cccc3cc(Br)cnc23)nc1Cl. The zero-order valence-corrected chi connectivity index (χ0v) is 14.2. The molecule has 3 aromatic rings. The molecule has 0 unspecified atom stereocenters. The van der Waals surface area contributed by atoms with Gasteiger partial charge in [-0.15, -0.1) is 0 Å². The average Bonchev–Trinajstić information content (AvgIpc) is 2.44. The molecule has 0 saturated carbocycles. The van der Waals surface area contributed by atoms with Crippen LogP contribution in [-0.4, -0.2) is 9.97 Å². The van der Waals surface area contributed by atoms with Gasteiger partial charge in [0.25, 0.3) is 0 Å². The Bertz CT molecular complexity index is 839. The van der Waals surface area contributed by atoms with Gasteiger partial charge in [-0.1, -0.05) is 46.9 Å². The van der Waals surface area contributed by atoms with Crippen molar-refractivity contribution >= 4 is 73.1 Å². The molecule has 0 aliphatic rings. The van der Waals surface area contributed by atoms with Crippen molar-refractivity contribution in [3.8, 4) is 0 Å². The van der Waals surface area contributed by atoms with Gasteiger partial charge in [-0.2, -0.15) is 0 Å². The molecule has 0 radical (unpaired) electrons. The van der Waals surface area contributed by atoms with Crippen molar-refractivity contribution in [2.75, 3.05) is 5.32 Å². The predicted molar refractivity (Wildman–Crippen MR) is 92.0 cm³/mol. The zero-order chi connectivity index (χ0) is 15.0. The van der Waals surface area contributed by atoms with Crippen LogP contribution in [0.15, 0.2) is 41.0 Å². The molecular formula is C14H7BrCl3N3. The van der Waals surface area contributed by atoms with Gasteiger partial charge in [0.2, 0.25) is 0 Å². The molecule has 0 aliphatic carbocycles. The molecule has 2 aromatic heterocycles. The second-order valence-corrected chi connectivity index (χ2v) is 6.34. The van der Waals surface area contributed by atoms with Crippen molar-refractivity contribution in [3.63, 3.8) is 0 Å². The van der Waals surface area contributed by atoms with Crippen LogP contribution in [0.5, 0.6) is 0 Å². The number of pyridine rings is 2. The van der Waals surface area contributed by atoms with E-state index in [1.807, 2.05) is 24.3 Å². The third-order valence-electron chi connectivity index (χ3n) is 2.82. The lowest BCUT2D eigenvalue weighted by molar-refractivity contribution is 1.30. The van der Waals surface area contributed by atoms with E-state index < -0.39 is 0 Å². The highest BCUT2D eigenvalue weighted by Crippen LogP contribution is 2.32. The zero-order valence-electron chi connectivity index (χ0n) is 10.4. The highest BCUT2D eigenvalue weighted by molar-refractivity contribution is 9.10. The minimum Gasteiger partial charge on any atom is -0.337 e. The summed E-state index contributed by atoms with van der Waals surface area (Å²) in [5.74, 6) is 0.434. The highest BCUT2D eigenvalue weighted by atomic mass is 79.9. The Labute approximate surface area is 144 Å². The maximum Gasteiger partial charge on any atom is 0.151 e. The van der Waals surface area contributed by atoms with Gasteiger partial charge in [0.15, 0.2) is 5.82 Å². The van der Waals surface area contributed by atoms with Crippen LogP contribution >= 0.6 is 50.7 Å². The van der Waals surface area contributed by atoms with E-state index in [1.165, 1.54) is 0 Å². The Balaban J connectivity index is 2.08. The van der Waals surface area contributed by atoms with Gasteiger partial charge in [-0.25, -0.2) is 4.98 Å². The van der Waals surface area contributed by atoms with Crippen LogP contribution in [0, 0.1) is 0 Å². The number of benzene rings is 1. The third-order valence-corrected chi connectivity index (χ3v) is 4.21. The van der Waals surface area contributed by atoms with E-state index in [1.54, 1.807) is 12.3 Å². The van der Waals surface area contributed by atoms with Gasteiger partial charge in [-0.3, -0.25) is 4.98 Å². The first-order valence-corrected chi connectivity index (χ1v) is 7.80. The second-order valence-electron chi connectivity index (χ2n) is 4.25. The molecule has 2 heterocycles. The summed E-state index contributed by atoms with van der Waals surface area (Å²) in [4.78, 5) is 8.55. The molecular weight excluding hydrogens is 396 g/mol. The van der Waals surface area contributed by atoms with Crippen molar-refractivity contribution in [2.45, 2.75) is 0 Å². The lowest BCUT2D eigenvalue weighted by atomic mass is 10.2. The second kappa shape index (κ2) is 5.97. The van der Waals surface area contributed by atoms with E-state index in [2.05, 4.69) is 31.2 Å². The monoisotopic (exact) mass is 401 g/mol. The summed E-state index contributed by atoms with van der Waals surface area (Å²) in [5, 5.41) is 5.02. The number of para-hydroxylation sites is 1. The van der Waals surface area contributed by atoms with Gasteiger partial charge < -0.3 is 5.32 Å². The Morgan fingerprint density at radius 3 is 2.67 bits per heavy atom. The summed E-state index contributed by atoms with van der Waals surface area (Å²) in [6.07, 6.45) is 1.73. The Morgan fingerprint density at radius 2 is 1.86 bits per heavy atom. The quantitative estimate of drug-likeness (QED) is 0.526. The molecule has 106 valence electrons. The Hall–Kier alpha value is -1.07. The fourth-order valence-electron chi connectivity index (χ4n) is 1.89. The third kappa shape index (κ3) is 3.09. The molecule has 7 heteroatoms. The average molecular weight is 403 g/mol. The van der Waals surface area contributed by atoms with Crippen molar-refractivity contribution in [1.82, 2.24) is 9.97 Å². The van der Waals surface area contributed by atoms with Crippen LogP contribution < -0.4 is 5.32 Å². The minimum atomic E-state index is 0.194. The molecule has 0 atom stereocenters. The fourth-order valence-corrected chi connectivity index (χ4v) is 2.79. The largest absolute Gasteiger partial charge is 0.337 e. The number of rotatable bonds is 2. The van der Waals surface area contributed by atoms with E-state index >= 15 is 0 Å². The Morgan fingerprint density at radius 1 is 1.05 bits per heavy atom. The first-order valence-electron chi connectivity index (χ1n) is 5.87. The predicted octanol–water partition coefficient (Wildman–Crippen LogP) is 6.10. The molecule has 21 heavy (non-hydrogen) atoms.